The number of rotatable bonds is 13. The molecule has 1 amide bonds. The first-order chi connectivity index (χ1) is 10.7. The zero-order valence-corrected chi connectivity index (χ0v) is 14.1. The maximum Gasteiger partial charge on any atom is 0.407 e. The highest BCUT2D eigenvalue weighted by atomic mass is 16.6. The first-order valence-corrected chi connectivity index (χ1v) is 8.36. The van der Waals surface area contributed by atoms with Gasteiger partial charge in [0.25, 0.3) is 0 Å². The summed E-state index contributed by atoms with van der Waals surface area (Å²) in [6.07, 6.45) is 8.51. The van der Waals surface area contributed by atoms with E-state index < -0.39 is 12.1 Å². The van der Waals surface area contributed by atoms with E-state index in [4.69, 9.17) is 9.47 Å². The number of ether oxygens (including phenoxy) is 2. The molecule has 0 aliphatic heterocycles. The SMILES string of the molecule is C=CCCOC(=O)N[C@@H](CCC)C(=O)OCCCCCCC. The molecule has 0 radical (unpaired) electrons. The molecule has 22 heavy (non-hydrogen) atoms. The molecule has 0 aliphatic carbocycles. The molecule has 5 heteroatoms. The summed E-state index contributed by atoms with van der Waals surface area (Å²) in [6, 6.07) is -0.628. The van der Waals surface area contributed by atoms with Crippen molar-refractivity contribution in [2.75, 3.05) is 13.2 Å². The fraction of sp³-hybridized carbons (Fsp3) is 0.765. The fourth-order valence-corrected chi connectivity index (χ4v) is 1.94. The predicted molar refractivity (Wildman–Crippen MR) is 87.7 cm³/mol. The number of unbranched alkanes of at least 4 members (excludes halogenated alkanes) is 4. The number of hydrogen-bond acceptors (Lipinski definition) is 4. The molecule has 0 aromatic heterocycles. The zero-order valence-electron chi connectivity index (χ0n) is 14.1. The number of esters is 1. The molecular formula is C17H31NO4. The van der Waals surface area contributed by atoms with Crippen molar-refractivity contribution < 1.29 is 19.1 Å². The summed E-state index contributed by atoms with van der Waals surface area (Å²) in [5, 5.41) is 2.57. The van der Waals surface area contributed by atoms with Gasteiger partial charge >= 0.3 is 12.1 Å². The van der Waals surface area contributed by atoms with Crippen molar-refractivity contribution in [2.45, 2.75) is 71.3 Å². The van der Waals surface area contributed by atoms with Crippen molar-refractivity contribution in [3.8, 4) is 0 Å². The molecule has 0 aromatic rings. The van der Waals surface area contributed by atoms with E-state index in [0.717, 1.165) is 19.3 Å². The summed E-state index contributed by atoms with van der Waals surface area (Å²) in [5.74, 6) is -0.377. The molecule has 1 atom stereocenters. The van der Waals surface area contributed by atoms with Crippen molar-refractivity contribution in [1.29, 1.82) is 0 Å². The normalized spacial score (nSPS) is 11.5. The van der Waals surface area contributed by atoms with Gasteiger partial charge < -0.3 is 14.8 Å². The lowest BCUT2D eigenvalue weighted by Crippen LogP contribution is -2.42. The van der Waals surface area contributed by atoms with E-state index >= 15 is 0 Å². The van der Waals surface area contributed by atoms with Crippen LogP contribution in [0.15, 0.2) is 12.7 Å². The molecular weight excluding hydrogens is 282 g/mol. The minimum absolute atomic E-state index is 0.265. The zero-order chi connectivity index (χ0) is 16.6. The van der Waals surface area contributed by atoms with Crippen LogP contribution in [0.4, 0.5) is 4.79 Å². The summed E-state index contributed by atoms with van der Waals surface area (Å²) in [7, 11) is 0. The molecule has 0 bridgehead atoms. The Balaban J connectivity index is 4.00. The van der Waals surface area contributed by atoms with Crippen molar-refractivity contribution in [2.24, 2.45) is 0 Å². The second kappa shape index (κ2) is 14.4. The maximum absolute atomic E-state index is 12.0. The van der Waals surface area contributed by atoms with E-state index in [1.807, 2.05) is 6.92 Å². The Bertz CT molecular complexity index is 318. The van der Waals surface area contributed by atoms with E-state index in [0.29, 0.717) is 19.4 Å². The summed E-state index contributed by atoms with van der Waals surface area (Å²) in [6.45, 7) is 8.34. The van der Waals surface area contributed by atoms with Crippen LogP contribution >= 0.6 is 0 Å². The van der Waals surface area contributed by atoms with E-state index in [1.54, 1.807) is 6.08 Å². The molecule has 0 aliphatic rings. The average Bonchev–Trinajstić information content (AvgIpc) is 2.50. The lowest BCUT2D eigenvalue weighted by molar-refractivity contribution is -0.146. The molecule has 5 nitrogen and oxygen atoms in total. The van der Waals surface area contributed by atoms with Gasteiger partial charge in [-0.2, -0.15) is 0 Å². The van der Waals surface area contributed by atoms with Crippen LogP contribution in [0.2, 0.25) is 0 Å². The first kappa shape index (κ1) is 20.5. The van der Waals surface area contributed by atoms with Gasteiger partial charge in [-0.15, -0.1) is 6.58 Å². The van der Waals surface area contributed by atoms with Crippen LogP contribution in [-0.4, -0.2) is 31.3 Å². The minimum atomic E-state index is -0.628. The third-order valence-corrected chi connectivity index (χ3v) is 3.20. The van der Waals surface area contributed by atoms with Gasteiger partial charge in [-0.05, 0) is 19.3 Å². The van der Waals surface area contributed by atoms with Crippen LogP contribution in [0.25, 0.3) is 0 Å². The molecule has 0 spiro atoms. The second-order valence-corrected chi connectivity index (χ2v) is 5.28. The molecule has 0 fully saturated rings. The van der Waals surface area contributed by atoms with E-state index in [9.17, 15) is 9.59 Å². The van der Waals surface area contributed by atoms with Gasteiger partial charge in [0.05, 0.1) is 13.2 Å². The monoisotopic (exact) mass is 313 g/mol. The Morgan fingerprint density at radius 2 is 1.77 bits per heavy atom. The van der Waals surface area contributed by atoms with Crippen LogP contribution in [0, 0.1) is 0 Å². The van der Waals surface area contributed by atoms with Gasteiger partial charge in [-0.3, -0.25) is 0 Å². The number of carbonyl (C=O) groups excluding carboxylic acids is 2. The van der Waals surface area contributed by atoms with Crippen molar-refractivity contribution in [3.63, 3.8) is 0 Å². The van der Waals surface area contributed by atoms with E-state index in [2.05, 4.69) is 18.8 Å². The molecule has 0 aromatic carbocycles. The highest BCUT2D eigenvalue weighted by Gasteiger charge is 2.21. The van der Waals surface area contributed by atoms with Gasteiger partial charge in [0.2, 0.25) is 0 Å². The first-order valence-electron chi connectivity index (χ1n) is 8.36. The average molecular weight is 313 g/mol. The van der Waals surface area contributed by atoms with Crippen molar-refractivity contribution >= 4 is 12.1 Å². The summed E-state index contributed by atoms with van der Waals surface area (Å²) in [4.78, 5) is 23.6. The number of nitrogens with one attached hydrogen (secondary N) is 1. The molecule has 128 valence electrons. The van der Waals surface area contributed by atoms with Crippen LogP contribution < -0.4 is 5.32 Å². The van der Waals surface area contributed by atoms with Crippen molar-refractivity contribution in [1.82, 2.24) is 5.32 Å². The van der Waals surface area contributed by atoms with Crippen molar-refractivity contribution in [3.05, 3.63) is 12.7 Å². The Morgan fingerprint density at radius 1 is 1.05 bits per heavy atom. The van der Waals surface area contributed by atoms with E-state index in [1.165, 1.54) is 19.3 Å². The molecule has 1 N–H and O–H groups in total. The lowest BCUT2D eigenvalue weighted by Gasteiger charge is -2.16. The predicted octanol–water partition coefficient (Wildman–Crippen LogP) is 3.97. The number of amides is 1. The van der Waals surface area contributed by atoms with Crippen LogP contribution in [0.5, 0.6) is 0 Å². The lowest BCUT2D eigenvalue weighted by atomic mass is 10.1. The molecule has 0 saturated heterocycles. The Morgan fingerprint density at radius 3 is 2.41 bits per heavy atom. The second-order valence-electron chi connectivity index (χ2n) is 5.28. The van der Waals surface area contributed by atoms with Gasteiger partial charge in [0.15, 0.2) is 0 Å². The molecule has 0 saturated carbocycles. The van der Waals surface area contributed by atoms with Gasteiger partial charge in [0.1, 0.15) is 6.04 Å². The Labute approximate surface area is 134 Å². The molecule has 0 unspecified atom stereocenters. The van der Waals surface area contributed by atoms with E-state index in [-0.39, 0.29) is 12.6 Å². The molecule has 0 rings (SSSR count). The number of alkyl carbamates (subject to hydrolysis) is 1. The number of carbonyl (C=O) groups is 2. The summed E-state index contributed by atoms with van der Waals surface area (Å²) < 4.78 is 10.2. The van der Waals surface area contributed by atoms with Gasteiger partial charge in [-0.1, -0.05) is 52.0 Å². The highest BCUT2D eigenvalue weighted by Crippen LogP contribution is 2.05. The van der Waals surface area contributed by atoms with Gasteiger partial charge in [0, 0.05) is 0 Å². The third kappa shape index (κ3) is 11.2. The van der Waals surface area contributed by atoms with Crippen LogP contribution in [0.3, 0.4) is 0 Å². The highest BCUT2D eigenvalue weighted by molar-refractivity contribution is 5.81. The maximum atomic E-state index is 12.0. The quantitative estimate of drug-likeness (QED) is 0.317. The summed E-state index contributed by atoms with van der Waals surface area (Å²) >= 11 is 0. The van der Waals surface area contributed by atoms with Crippen LogP contribution in [0.1, 0.15) is 65.2 Å². The topological polar surface area (TPSA) is 64.6 Å². The molecule has 0 heterocycles. The third-order valence-electron chi connectivity index (χ3n) is 3.20. The minimum Gasteiger partial charge on any atom is -0.464 e. The summed E-state index contributed by atoms with van der Waals surface area (Å²) in [5.41, 5.74) is 0. The van der Waals surface area contributed by atoms with Crippen LogP contribution in [-0.2, 0) is 14.3 Å². The Kier molecular flexibility index (Phi) is 13.4. The largest absolute Gasteiger partial charge is 0.464 e. The Hall–Kier alpha value is -1.52. The standard InChI is InChI=1S/C17H31NO4/c1-4-7-9-10-11-14-21-16(19)15(12-6-3)18-17(20)22-13-8-5-2/h5,15H,2,4,6-14H2,1,3H3,(H,18,20)/t15-/m0/s1. The number of hydrogen-bond donors (Lipinski definition) is 1. The smallest absolute Gasteiger partial charge is 0.407 e. The fourth-order valence-electron chi connectivity index (χ4n) is 1.94. The van der Waals surface area contributed by atoms with Gasteiger partial charge in [-0.25, -0.2) is 9.59 Å².